The molecule has 0 bridgehead atoms. The summed E-state index contributed by atoms with van der Waals surface area (Å²) in [5, 5.41) is 1.91. The number of hydrogen-bond acceptors (Lipinski definition) is 4. The maximum Gasteiger partial charge on any atom is 0.253 e. The number of fused-ring (bicyclic) bond motifs is 1. The first-order chi connectivity index (χ1) is 14.0. The molecule has 1 aromatic heterocycles. The molecule has 0 atom stereocenters. The SMILES string of the molecule is O=C(c1ccncc1)N1CCC(CNS(=O)(=O)c2ccc3ccccc3c2)CC1. The number of nitrogens with zero attached hydrogens (tertiary/aromatic N) is 2. The average Bonchev–Trinajstić information content (AvgIpc) is 2.78. The maximum absolute atomic E-state index is 12.7. The molecule has 0 radical (unpaired) electrons. The van der Waals surface area contributed by atoms with Crippen LogP contribution in [0, 0.1) is 5.92 Å². The van der Waals surface area contributed by atoms with Gasteiger partial charge in [-0.1, -0.05) is 30.3 Å². The van der Waals surface area contributed by atoms with Crippen molar-refractivity contribution in [1.82, 2.24) is 14.6 Å². The van der Waals surface area contributed by atoms with Crippen molar-refractivity contribution in [2.45, 2.75) is 17.7 Å². The van der Waals surface area contributed by atoms with E-state index in [0.717, 1.165) is 23.6 Å². The van der Waals surface area contributed by atoms with Crippen LogP contribution in [0.2, 0.25) is 0 Å². The van der Waals surface area contributed by atoms with E-state index in [1.54, 1.807) is 36.7 Å². The minimum atomic E-state index is -3.56. The van der Waals surface area contributed by atoms with Crippen molar-refractivity contribution in [3.8, 4) is 0 Å². The molecule has 6 nitrogen and oxygen atoms in total. The Labute approximate surface area is 170 Å². The summed E-state index contributed by atoms with van der Waals surface area (Å²) in [5.41, 5.74) is 0.635. The Morgan fingerprint density at radius 2 is 1.69 bits per heavy atom. The minimum absolute atomic E-state index is 0.00240. The third-order valence-electron chi connectivity index (χ3n) is 5.42. The number of nitrogens with one attached hydrogen (secondary N) is 1. The van der Waals surface area contributed by atoms with Gasteiger partial charge in [-0.3, -0.25) is 9.78 Å². The topological polar surface area (TPSA) is 79.4 Å². The van der Waals surface area contributed by atoms with E-state index in [0.29, 0.717) is 25.2 Å². The number of benzene rings is 2. The highest BCUT2D eigenvalue weighted by atomic mass is 32.2. The molecule has 1 aliphatic heterocycles. The van der Waals surface area contributed by atoms with Crippen LogP contribution >= 0.6 is 0 Å². The zero-order valence-electron chi connectivity index (χ0n) is 16.0. The zero-order chi connectivity index (χ0) is 20.3. The lowest BCUT2D eigenvalue weighted by molar-refractivity contribution is 0.0692. The summed E-state index contributed by atoms with van der Waals surface area (Å²) in [6.45, 7) is 1.64. The lowest BCUT2D eigenvalue weighted by atomic mass is 9.97. The van der Waals surface area contributed by atoms with Gasteiger partial charge in [-0.15, -0.1) is 0 Å². The van der Waals surface area contributed by atoms with Crippen LogP contribution in [-0.2, 0) is 10.0 Å². The molecule has 1 amide bonds. The van der Waals surface area contributed by atoms with E-state index in [9.17, 15) is 13.2 Å². The van der Waals surface area contributed by atoms with Gasteiger partial charge in [-0.2, -0.15) is 0 Å². The van der Waals surface area contributed by atoms with Gasteiger partial charge in [0.15, 0.2) is 0 Å². The van der Waals surface area contributed by atoms with Gasteiger partial charge in [0, 0.05) is 37.6 Å². The molecule has 7 heteroatoms. The fourth-order valence-corrected chi connectivity index (χ4v) is 4.81. The predicted octanol–water partition coefficient (Wildman–Crippen LogP) is 3.07. The van der Waals surface area contributed by atoms with Gasteiger partial charge in [0.2, 0.25) is 10.0 Å². The molecule has 1 fully saturated rings. The lowest BCUT2D eigenvalue weighted by Crippen LogP contribution is -2.41. The lowest BCUT2D eigenvalue weighted by Gasteiger charge is -2.32. The minimum Gasteiger partial charge on any atom is -0.339 e. The summed E-state index contributed by atoms with van der Waals surface area (Å²) in [5.74, 6) is 0.217. The Balaban J connectivity index is 1.34. The molecular weight excluding hydrogens is 386 g/mol. The van der Waals surface area contributed by atoms with Gasteiger partial charge in [-0.25, -0.2) is 13.1 Å². The third kappa shape index (κ3) is 4.46. The van der Waals surface area contributed by atoms with E-state index in [1.807, 2.05) is 35.2 Å². The number of carbonyl (C=O) groups excluding carboxylic acids is 1. The quantitative estimate of drug-likeness (QED) is 0.702. The number of hydrogen-bond donors (Lipinski definition) is 1. The highest BCUT2D eigenvalue weighted by Crippen LogP contribution is 2.21. The van der Waals surface area contributed by atoms with Crippen molar-refractivity contribution >= 4 is 26.7 Å². The molecule has 1 saturated heterocycles. The van der Waals surface area contributed by atoms with Gasteiger partial charge in [0.1, 0.15) is 0 Å². The fourth-order valence-electron chi connectivity index (χ4n) is 3.66. The van der Waals surface area contributed by atoms with Crippen LogP contribution in [0.25, 0.3) is 10.8 Å². The number of sulfonamides is 1. The first-order valence-electron chi connectivity index (χ1n) is 9.71. The van der Waals surface area contributed by atoms with Crippen molar-refractivity contribution in [3.05, 3.63) is 72.6 Å². The molecule has 2 heterocycles. The summed E-state index contributed by atoms with van der Waals surface area (Å²) in [6.07, 6.45) is 4.78. The van der Waals surface area contributed by atoms with Crippen molar-refractivity contribution < 1.29 is 13.2 Å². The number of aromatic nitrogens is 1. The van der Waals surface area contributed by atoms with Crippen LogP contribution in [-0.4, -0.2) is 43.8 Å². The van der Waals surface area contributed by atoms with Crippen molar-refractivity contribution in [2.24, 2.45) is 5.92 Å². The largest absolute Gasteiger partial charge is 0.339 e. The van der Waals surface area contributed by atoms with E-state index >= 15 is 0 Å². The Morgan fingerprint density at radius 3 is 2.41 bits per heavy atom. The average molecular weight is 410 g/mol. The van der Waals surface area contributed by atoms with Crippen LogP contribution in [0.5, 0.6) is 0 Å². The normalized spacial score (nSPS) is 15.5. The van der Waals surface area contributed by atoms with Crippen LogP contribution in [0.3, 0.4) is 0 Å². The summed E-state index contributed by atoms with van der Waals surface area (Å²) in [6, 6.07) is 16.3. The molecule has 0 spiro atoms. The molecule has 150 valence electrons. The van der Waals surface area contributed by atoms with Crippen molar-refractivity contribution in [2.75, 3.05) is 19.6 Å². The van der Waals surface area contributed by atoms with E-state index in [1.165, 1.54) is 0 Å². The first-order valence-corrected chi connectivity index (χ1v) is 11.2. The van der Waals surface area contributed by atoms with E-state index in [-0.39, 0.29) is 16.7 Å². The summed E-state index contributed by atoms with van der Waals surface area (Å²) >= 11 is 0. The van der Waals surface area contributed by atoms with Gasteiger partial charge in [-0.05, 0) is 53.8 Å². The second kappa shape index (κ2) is 8.31. The maximum atomic E-state index is 12.7. The van der Waals surface area contributed by atoms with Gasteiger partial charge < -0.3 is 4.90 Å². The zero-order valence-corrected chi connectivity index (χ0v) is 16.8. The Hall–Kier alpha value is -2.77. The molecular formula is C22H23N3O3S. The number of likely N-dealkylation sites (tertiary alicyclic amines) is 1. The van der Waals surface area contributed by atoms with Gasteiger partial charge in [0.25, 0.3) is 5.91 Å². The molecule has 4 rings (SSSR count). The van der Waals surface area contributed by atoms with Crippen LogP contribution < -0.4 is 4.72 Å². The van der Waals surface area contributed by atoms with Crippen LogP contribution in [0.4, 0.5) is 0 Å². The molecule has 1 N–H and O–H groups in total. The number of pyridine rings is 1. The second-order valence-electron chi connectivity index (χ2n) is 7.33. The van der Waals surface area contributed by atoms with Crippen LogP contribution in [0.15, 0.2) is 71.9 Å². The number of amides is 1. The Morgan fingerprint density at radius 1 is 1.00 bits per heavy atom. The standard InChI is InChI=1S/C22H23N3O3S/c26-22(19-7-11-23-12-8-19)25-13-9-17(10-14-25)16-24-29(27,28)21-6-5-18-3-1-2-4-20(18)15-21/h1-8,11-12,15,17,24H,9-10,13-14,16H2. The smallest absolute Gasteiger partial charge is 0.253 e. The Bertz CT molecular complexity index is 1110. The van der Waals surface area contributed by atoms with Crippen molar-refractivity contribution in [3.63, 3.8) is 0 Å². The third-order valence-corrected chi connectivity index (χ3v) is 6.84. The number of carbonyl (C=O) groups is 1. The molecule has 0 unspecified atom stereocenters. The number of rotatable bonds is 5. The summed E-state index contributed by atoms with van der Waals surface area (Å²) in [4.78, 5) is 18.5. The fraction of sp³-hybridized carbons (Fsp3) is 0.273. The highest BCUT2D eigenvalue weighted by Gasteiger charge is 2.25. The molecule has 1 aliphatic rings. The molecule has 0 saturated carbocycles. The summed E-state index contributed by atoms with van der Waals surface area (Å²) in [7, 11) is -3.56. The van der Waals surface area contributed by atoms with Gasteiger partial charge >= 0.3 is 0 Å². The molecule has 0 aliphatic carbocycles. The first kappa shape index (κ1) is 19.5. The highest BCUT2D eigenvalue weighted by molar-refractivity contribution is 7.89. The second-order valence-corrected chi connectivity index (χ2v) is 9.10. The number of piperidine rings is 1. The van der Waals surface area contributed by atoms with E-state index < -0.39 is 10.0 Å². The van der Waals surface area contributed by atoms with E-state index in [2.05, 4.69) is 9.71 Å². The molecule has 29 heavy (non-hydrogen) atoms. The van der Waals surface area contributed by atoms with Crippen molar-refractivity contribution in [1.29, 1.82) is 0 Å². The molecule has 2 aromatic carbocycles. The van der Waals surface area contributed by atoms with Crippen LogP contribution in [0.1, 0.15) is 23.2 Å². The van der Waals surface area contributed by atoms with Gasteiger partial charge in [0.05, 0.1) is 4.90 Å². The summed E-state index contributed by atoms with van der Waals surface area (Å²) < 4.78 is 28.1. The monoisotopic (exact) mass is 409 g/mol. The van der Waals surface area contributed by atoms with E-state index in [4.69, 9.17) is 0 Å². The predicted molar refractivity (Wildman–Crippen MR) is 112 cm³/mol. The Kier molecular flexibility index (Phi) is 5.60. The molecule has 3 aromatic rings.